The fourth-order valence-electron chi connectivity index (χ4n) is 5.61. The minimum Gasteiger partial charge on any atom is -0.497 e. The van der Waals surface area contributed by atoms with Crippen molar-refractivity contribution in [3.63, 3.8) is 0 Å². The predicted molar refractivity (Wildman–Crippen MR) is 134 cm³/mol. The Morgan fingerprint density at radius 1 is 1.09 bits per heavy atom. The van der Waals surface area contributed by atoms with Crippen LogP contribution in [0.2, 0.25) is 0 Å². The van der Waals surface area contributed by atoms with E-state index < -0.39 is 0 Å². The largest absolute Gasteiger partial charge is 0.497 e. The Balaban J connectivity index is 1.66. The van der Waals surface area contributed by atoms with E-state index in [2.05, 4.69) is 46.7 Å². The first-order valence-electron chi connectivity index (χ1n) is 12.2. The number of ether oxygens (including phenoxy) is 1. The van der Waals surface area contributed by atoms with Crippen LogP contribution in [-0.2, 0) is 0 Å². The first-order chi connectivity index (χ1) is 16.1. The van der Waals surface area contributed by atoms with Gasteiger partial charge in [-0.3, -0.25) is 14.6 Å². The van der Waals surface area contributed by atoms with Crippen molar-refractivity contribution in [2.75, 3.05) is 39.8 Å². The lowest BCUT2D eigenvalue weighted by Crippen LogP contribution is -2.54. The van der Waals surface area contributed by atoms with Gasteiger partial charge in [0.05, 0.1) is 13.2 Å². The molecule has 0 aliphatic carbocycles. The van der Waals surface area contributed by atoms with E-state index in [4.69, 9.17) is 4.74 Å². The Morgan fingerprint density at radius 3 is 2.33 bits per heavy atom. The molecule has 0 saturated carbocycles. The molecule has 0 aromatic heterocycles. The van der Waals surface area contributed by atoms with Crippen LogP contribution in [0.3, 0.4) is 0 Å². The second-order valence-electron chi connectivity index (χ2n) is 9.10. The maximum Gasteiger partial charge on any atom is 0.253 e. The molecule has 2 aromatic carbocycles. The number of likely N-dealkylation sites (tertiary alicyclic amines) is 1. The molecule has 0 radical (unpaired) electrons. The molecule has 0 N–H and O–H groups in total. The maximum atomic E-state index is 12.8. The van der Waals surface area contributed by atoms with Crippen LogP contribution in [-0.4, -0.2) is 72.5 Å². The summed E-state index contributed by atoms with van der Waals surface area (Å²) in [6.45, 7) is 12.5. The summed E-state index contributed by atoms with van der Waals surface area (Å²) in [6.07, 6.45) is 4.53. The number of piperazine rings is 1. The summed E-state index contributed by atoms with van der Waals surface area (Å²) in [6, 6.07) is 17.9. The molecule has 5 heteroatoms. The summed E-state index contributed by atoms with van der Waals surface area (Å²) in [5.41, 5.74) is 3.20. The Hall–Kier alpha value is -2.63. The highest BCUT2D eigenvalue weighted by Crippen LogP contribution is 2.38. The molecule has 4 rings (SSSR count). The SMILES string of the molecule is C=CCN1C2CCC1CN(C(c1ccc(C(=O)N(CC)CC)cc1)c1cccc(OC)c1)C2. The standard InChI is InChI=1S/C28H37N3O2/c1-5-17-31-24-15-16-25(31)20-30(19-24)27(23-9-8-10-26(18-23)33-4)21-11-13-22(14-12-21)28(32)29(6-2)7-3/h5,8-14,18,24-25,27H,1,6-7,15-17,19-20H2,2-4H3. The lowest BCUT2D eigenvalue weighted by Gasteiger charge is -2.44. The molecule has 1 amide bonds. The molecular weight excluding hydrogens is 410 g/mol. The van der Waals surface area contributed by atoms with E-state index in [0.29, 0.717) is 12.1 Å². The summed E-state index contributed by atoms with van der Waals surface area (Å²) in [5.74, 6) is 0.972. The Bertz CT molecular complexity index is 940. The summed E-state index contributed by atoms with van der Waals surface area (Å²) in [4.78, 5) is 19.9. The van der Waals surface area contributed by atoms with Crippen LogP contribution in [0.5, 0.6) is 5.75 Å². The van der Waals surface area contributed by atoms with Crippen molar-refractivity contribution in [3.05, 3.63) is 77.9 Å². The molecule has 2 fully saturated rings. The quantitative estimate of drug-likeness (QED) is 0.527. The molecule has 2 heterocycles. The molecule has 2 aliphatic heterocycles. The fraction of sp³-hybridized carbons (Fsp3) is 0.464. The summed E-state index contributed by atoms with van der Waals surface area (Å²) < 4.78 is 5.55. The average molecular weight is 448 g/mol. The minimum absolute atomic E-state index is 0.0977. The number of benzene rings is 2. The molecule has 3 atom stereocenters. The number of carbonyl (C=O) groups is 1. The van der Waals surface area contributed by atoms with E-state index in [-0.39, 0.29) is 11.9 Å². The third-order valence-electron chi connectivity index (χ3n) is 7.30. The van der Waals surface area contributed by atoms with Gasteiger partial charge in [-0.15, -0.1) is 6.58 Å². The van der Waals surface area contributed by atoms with Gasteiger partial charge in [0.2, 0.25) is 0 Å². The van der Waals surface area contributed by atoms with Crippen molar-refractivity contribution in [2.45, 2.75) is 44.8 Å². The number of hydrogen-bond acceptors (Lipinski definition) is 4. The van der Waals surface area contributed by atoms with Crippen molar-refractivity contribution in [1.82, 2.24) is 14.7 Å². The van der Waals surface area contributed by atoms with E-state index in [9.17, 15) is 4.79 Å². The molecule has 2 saturated heterocycles. The molecule has 2 aromatic rings. The highest BCUT2D eigenvalue weighted by atomic mass is 16.5. The number of rotatable bonds is 9. The van der Waals surface area contributed by atoms with Crippen LogP contribution in [0.1, 0.15) is 54.2 Å². The second-order valence-corrected chi connectivity index (χ2v) is 9.10. The smallest absolute Gasteiger partial charge is 0.253 e. The van der Waals surface area contributed by atoms with Crippen LogP contribution < -0.4 is 4.74 Å². The van der Waals surface area contributed by atoms with Gasteiger partial charge in [-0.1, -0.05) is 30.3 Å². The molecule has 2 aliphatic rings. The van der Waals surface area contributed by atoms with Gasteiger partial charge in [-0.2, -0.15) is 0 Å². The number of carbonyl (C=O) groups excluding carboxylic acids is 1. The van der Waals surface area contributed by atoms with Crippen LogP contribution in [0.4, 0.5) is 0 Å². The Labute approximate surface area is 198 Å². The number of hydrogen-bond donors (Lipinski definition) is 0. The van der Waals surface area contributed by atoms with Crippen molar-refractivity contribution in [2.24, 2.45) is 0 Å². The van der Waals surface area contributed by atoms with E-state index in [1.807, 2.05) is 43.0 Å². The lowest BCUT2D eigenvalue weighted by molar-refractivity contribution is 0.0582. The van der Waals surface area contributed by atoms with Gasteiger partial charge >= 0.3 is 0 Å². The van der Waals surface area contributed by atoms with E-state index in [1.165, 1.54) is 24.0 Å². The number of fused-ring (bicyclic) bond motifs is 2. The fourth-order valence-corrected chi connectivity index (χ4v) is 5.61. The molecule has 176 valence electrons. The summed E-state index contributed by atoms with van der Waals surface area (Å²) in [5, 5.41) is 0. The van der Waals surface area contributed by atoms with Gasteiger partial charge in [0.1, 0.15) is 5.75 Å². The average Bonchev–Trinajstić information content (AvgIpc) is 3.08. The third-order valence-corrected chi connectivity index (χ3v) is 7.30. The monoisotopic (exact) mass is 447 g/mol. The topological polar surface area (TPSA) is 36.0 Å². The molecular formula is C28H37N3O2. The molecule has 0 spiro atoms. The van der Waals surface area contributed by atoms with E-state index in [0.717, 1.165) is 44.0 Å². The van der Waals surface area contributed by atoms with Gasteiger partial charge in [0, 0.05) is 50.4 Å². The van der Waals surface area contributed by atoms with Crippen molar-refractivity contribution in [1.29, 1.82) is 0 Å². The van der Waals surface area contributed by atoms with E-state index >= 15 is 0 Å². The van der Waals surface area contributed by atoms with Crippen LogP contribution in [0.25, 0.3) is 0 Å². The van der Waals surface area contributed by atoms with Gasteiger partial charge in [0.25, 0.3) is 5.91 Å². The Morgan fingerprint density at radius 2 is 1.76 bits per heavy atom. The number of nitrogens with zero attached hydrogens (tertiary/aromatic N) is 3. The number of methoxy groups -OCH3 is 1. The third kappa shape index (κ3) is 4.85. The first-order valence-corrected chi connectivity index (χ1v) is 12.2. The Kier molecular flexibility index (Phi) is 7.51. The first kappa shape index (κ1) is 23.5. The lowest BCUT2D eigenvalue weighted by atomic mass is 9.94. The van der Waals surface area contributed by atoms with Gasteiger partial charge in [-0.05, 0) is 62.1 Å². The molecule has 33 heavy (non-hydrogen) atoms. The van der Waals surface area contributed by atoms with Crippen LogP contribution in [0.15, 0.2) is 61.2 Å². The molecule has 3 unspecified atom stereocenters. The zero-order valence-electron chi connectivity index (χ0n) is 20.2. The van der Waals surface area contributed by atoms with Crippen LogP contribution >= 0.6 is 0 Å². The summed E-state index contributed by atoms with van der Waals surface area (Å²) >= 11 is 0. The predicted octanol–water partition coefficient (Wildman–Crippen LogP) is 4.60. The van der Waals surface area contributed by atoms with Crippen molar-refractivity contribution >= 4 is 5.91 Å². The van der Waals surface area contributed by atoms with Gasteiger partial charge in [-0.25, -0.2) is 0 Å². The zero-order valence-corrected chi connectivity index (χ0v) is 20.2. The summed E-state index contributed by atoms with van der Waals surface area (Å²) in [7, 11) is 1.72. The van der Waals surface area contributed by atoms with Gasteiger partial charge in [0.15, 0.2) is 0 Å². The van der Waals surface area contributed by atoms with Crippen LogP contribution in [0, 0.1) is 0 Å². The molecule has 5 nitrogen and oxygen atoms in total. The van der Waals surface area contributed by atoms with Gasteiger partial charge < -0.3 is 9.64 Å². The normalized spacial score (nSPS) is 21.5. The van der Waals surface area contributed by atoms with E-state index in [1.54, 1.807) is 7.11 Å². The highest BCUT2D eigenvalue weighted by molar-refractivity contribution is 5.94. The maximum absolute atomic E-state index is 12.8. The zero-order chi connectivity index (χ0) is 23.4. The van der Waals surface area contributed by atoms with Crippen molar-refractivity contribution < 1.29 is 9.53 Å². The number of amides is 1. The second kappa shape index (κ2) is 10.5. The molecule has 2 bridgehead atoms. The minimum atomic E-state index is 0.0977. The van der Waals surface area contributed by atoms with Crippen molar-refractivity contribution in [3.8, 4) is 5.75 Å². The highest BCUT2D eigenvalue weighted by Gasteiger charge is 2.41.